The number of amides is 1. The van der Waals surface area contributed by atoms with E-state index in [9.17, 15) is 18.0 Å². The van der Waals surface area contributed by atoms with Crippen LogP contribution >= 0.6 is 11.6 Å². The molecule has 0 saturated heterocycles. The van der Waals surface area contributed by atoms with Crippen molar-refractivity contribution in [1.29, 1.82) is 0 Å². The summed E-state index contributed by atoms with van der Waals surface area (Å²) in [5, 5.41) is 13.1. The van der Waals surface area contributed by atoms with Gasteiger partial charge in [0, 0.05) is 16.1 Å². The van der Waals surface area contributed by atoms with E-state index in [1.165, 1.54) is 18.2 Å². The van der Waals surface area contributed by atoms with Gasteiger partial charge in [0.1, 0.15) is 6.54 Å². The average Bonchev–Trinajstić information content (AvgIpc) is 2.25. The van der Waals surface area contributed by atoms with E-state index in [1.807, 2.05) is 0 Å². The summed E-state index contributed by atoms with van der Waals surface area (Å²) >= 11 is 5.65. The van der Waals surface area contributed by atoms with Crippen LogP contribution in [0.5, 0.6) is 0 Å². The third kappa shape index (κ3) is 4.25. The van der Waals surface area contributed by atoms with E-state index in [1.54, 1.807) is 5.32 Å². The van der Waals surface area contributed by atoms with Gasteiger partial charge in [-0.15, -0.1) is 0 Å². The first kappa shape index (κ1) is 14.3. The Morgan fingerprint density at radius 2 is 2.17 bits per heavy atom. The standard InChI is InChI=1S/C10H8ClF3N2O2/c11-7-1-2-8(6(3-7)4-16-18)9(17)15-5-10(12,13)14/h1-4,18H,5H2,(H,15,17). The molecule has 0 aliphatic heterocycles. The maximum atomic E-state index is 11.9. The third-order valence-corrected chi connectivity index (χ3v) is 2.14. The lowest BCUT2D eigenvalue weighted by Crippen LogP contribution is -2.34. The van der Waals surface area contributed by atoms with Crippen LogP contribution in [0.3, 0.4) is 0 Å². The van der Waals surface area contributed by atoms with E-state index in [0.717, 1.165) is 6.21 Å². The van der Waals surface area contributed by atoms with Gasteiger partial charge < -0.3 is 10.5 Å². The minimum absolute atomic E-state index is 0.0681. The Morgan fingerprint density at radius 1 is 1.50 bits per heavy atom. The molecular weight excluding hydrogens is 273 g/mol. The van der Waals surface area contributed by atoms with Crippen LogP contribution in [-0.2, 0) is 0 Å². The predicted molar refractivity (Wildman–Crippen MR) is 59.2 cm³/mol. The van der Waals surface area contributed by atoms with Gasteiger partial charge in [-0.1, -0.05) is 16.8 Å². The summed E-state index contributed by atoms with van der Waals surface area (Å²) in [6.07, 6.45) is -3.58. The number of halogens is 4. The zero-order chi connectivity index (χ0) is 13.8. The summed E-state index contributed by atoms with van der Waals surface area (Å²) in [7, 11) is 0. The van der Waals surface area contributed by atoms with Crippen LogP contribution in [0.25, 0.3) is 0 Å². The predicted octanol–water partition coefficient (Wildman–Crippen LogP) is 2.44. The molecule has 0 fully saturated rings. The fourth-order valence-electron chi connectivity index (χ4n) is 1.19. The molecule has 0 spiro atoms. The number of benzene rings is 1. The Bertz CT molecular complexity index is 475. The maximum Gasteiger partial charge on any atom is 0.405 e. The Kier molecular flexibility index (Phi) is 4.55. The zero-order valence-electron chi connectivity index (χ0n) is 8.83. The molecule has 1 aromatic carbocycles. The van der Waals surface area contributed by atoms with Crippen molar-refractivity contribution in [2.24, 2.45) is 5.16 Å². The van der Waals surface area contributed by atoms with Gasteiger partial charge >= 0.3 is 6.18 Å². The number of hydrogen-bond acceptors (Lipinski definition) is 3. The molecule has 4 nitrogen and oxygen atoms in total. The molecule has 0 aromatic heterocycles. The van der Waals surface area contributed by atoms with Crippen molar-refractivity contribution in [2.45, 2.75) is 6.18 Å². The van der Waals surface area contributed by atoms with Crippen LogP contribution in [0, 0.1) is 0 Å². The molecule has 18 heavy (non-hydrogen) atoms. The van der Waals surface area contributed by atoms with Crippen molar-refractivity contribution in [2.75, 3.05) is 6.54 Å². The Balaban J connectivity index is 2.91. The molecule has 0 atom stereocenters. The molecule has 0 radical (unpaired) electrons. The van der Waals surface area contributed by atoms with Crippen molar-refractivity contribution in [3.63, 3.8) is 0 Å². The number of nitrogens with one attached hydrogen (secondary N) is 1. The summed E-state index contributed by atoms with van der Waals surface area (Å²) in [5.74, 6) is -0.932. The molecule has 2 N–H and O–H groups in total. The molecule has 98 valence electrons. The van der Waals surface area contributed by atoms with Crippen molar-refractivity contribution in [1.82, 2.24) is 5.32 Å². The first-order chi connectivity index (χ1) is 8.33. The Morgan fingerprint density at radius 3 is 2.72 bits per heavy atom. The lowest BCUT2D eigenvalue weighted by molar-refractivity contribution is -0.123. The molecule has 0 heterocycles. The van der Waals surface area contributed by atoms with Gasteiger partial charge in [-0.05, 0) is 18.2 Å². The number of carbonyl (C=O) groups excluding carboxylic acids is 1. The summed E-state index contributed by atoms with van der Waals surface area (Å²) in [5.41, 5.74) is 0.0473. The summed E-state index contributed by atoms with van der Waals surface area (Å²) in [6, 6.07) is 3.88. The number of oxime groups is 1. The van der Waals surface area contributed by atoms with Crippen molar-refractivity contribution in [3.8, 4) is 0 Å². The zero-order valence-corrected chi connectivity index (χ0v) is 9.59. The highest BCUT2D eigenvalue weighted by Crippen LogP contribution is 2.16. The van der Waals surface area contributed by atoms with Gasteiger partial charge in [0.2, 0.25) is 0 Å². The second-order valence-corrected chi connectivity index (χ2v) is 3.71. The van der Waals surface area contributed by atoms with E-state index in [0.29, 0.717) is 0 Å². The van der Waals surface area contributed by atoms with Crippen molar-refractivity contribution in [3.05, 3.63) is 34.3 Å². The van der Waals surface area contributed by atoms with Crippen molar-refractivity contribution < 1.29 is 23.2 Å². The van der Waals surface area contributed by atoms with E-state index >= 15 is 0 Å². The minimum atomic E-state index is -4.49. The number of rotatable bonds is 3. The van der Waals surface area contributed by atoms with Crippen LogP contribution in [0.2, 0.25) is 5.02 Å². The second-order valence-electron chi connectivity index (χ2n) is 3.27. The van der Waals surface area contributed by atoms with E-state index in [2.05, 4.69) is 5.16 Å². The lowest BCUT2D eigenvalue weighted by atomic mass is 10.1. The average molecular weight is 281 g/mol. The highest BCUT2D eigenvalue weighted by atomic mass is 35.5. The van der Waals surface area contributed by atoms with Gasteiger partial charge in [-0.25, -0.2) is 0 Å². The Labute approximate surface area is 105 Å². The van der Waals surface area contributed by atoms with Crippen LogP contribution < -0.4 is 5.32 Å². The largest absolute Gasteiger partial charge is 0.411 e. The molecular formula is C10H8ClF3N2O2. The lowest BCUT2D eigenvalue weighted by Gasteiger charge is -2.10. The number of hydrogen-bond donors (Lipinski definition) is 2. The Hall–Kier alpha value is -1.76. The minimum Gasteiger partial charge on any atom is -0.411 e. The van der Waals surface area contributed by atoms with Gasteiger partial charge in [-0.3, -0.25) is 4.79 Å². The van der Waals surface area contributed by atoms with Crippen molar-refractivity contribution >= 4 is 23.7 Å². The molecule has 8 heteroatoms. The van der Waals surface area contributed by atoms with Crippen LogP contribution in [0.15, 0.2) is 23.4 Å². The maximum absolute atomic E-state index is 11.9. The van der Waals surface area contributed by atoms with Crippen LogP contribution in [0.1, 0.15) is 15.9 Å². The monoisotopic (exact) mass is 280 g/mol. The number of carbonyl (C=O) groups is 1. The van der Waals surface area contributed by atoms with E-state index in [4.69, 9.17) is 16.8 Å². The summed E-state index contributed by atoms with van der Waals surface area (Å²) < 4.78 is 35.8. The van der Waals surface area contributed by atoms with Gasteiger partial charge in [0.15, 0.2) is 0 Å². The first-order valence-electron chi connectivity index (χ1n) is 4.65. The SMILES string of the molecule is O=C(NCC(F)(F)F)c1ccc(Cl)cc1C=NO. The van der Waals surface area contributed by atoms with Gasteiger partial charge in [0.25, 0.3) is 5.91 Å². The molecule has 0 unspecified atom stereocenters. The van der Waals surface area contributed by atoms with E-state index in [-0.39, 0.29) is 16.1 Å². The quantitative estimate of drug-likeness (QED) is 0.507. The molecule has 1 aromatic rings. The molecule has 1 rings (SSSR count). The van der Waals surface area contributed by atoms with Gasteiger partial charge in [0.05, 0.1) is 6.21 Å². The highest BCUT2D eigenvalue weighted by molar-refractivity contribution is 6.31. The summed E-state index contributed by atoms with van der Waals surface area (Å²) in [6.45, 7) is -1.44. The summed E-state index contributed by atoms with van der Waals surface area (Å²) in [4.78, 5) is 11.5. The number of alkyl halides is 3. The molecule has 1 amide bonds. The number of nitrogens with zero attached hydrogens (tertiary/aromatic N) is 1. The normalized spacial score (nSPS) is 11.8. The first-order valence-corrected chi connectivity index (χ1v) is 5.03. The molecule has 0 aliphatic carbocycles. The fraction of sp³-hybridized carbons (Fsp3) is 0.200. The molecule has 0 saturated carbocycles. The third-order valence-electron chi connectivity index (χ3n) is 1.90. The van der Waals surface area contributed by atoms with Gasteiger partial charge in [-0.2, -0.15) is 13.2 Å². The second kappa shape index (κ2) is 5.72. The molecule has 0 bridgehead atoms. The smallest absolute Gasteiger partial charge is 0.405 e. The van der Waals surface area contributed by atoms with Crippen LogP contribution in [0.4, 0.5) is 13.2 Å². The highest BCUT2D eigenvalue weighted by Gasteiger charge is 2.28. The topological polar surface area (TPSA) is 61.7 Å². The van der Waals surface area contributed by atoms with E-state index < -0.39 is 18.6 Å². The van der Waals surface area contributed by atoms with Crippen LogP contribution in [-0.4, -0.2) is 30.1 Å². The molecule has 0 aliphatic rings. The fourth-order valence-corrected chi connectivity index (χ4v) is 1.37.